The Kier molecular flexibility index (Phi) is 5.46. The molecular formula is C17H17FO5S. The summed E-state index contributed by atoms with van der Waals surface area (Å²) >= 11 is 0. The lowest BCUT2D eigenvalue weighted by Gasteiger charge is -2.13. The number of rotatable bonds is 6. The lowest BCUT2D eigenvalue weighted by molar-refractivity contribution is 0.323. The van der Waals surface area contributed by atoms with Gasteiger partial charge in [0, 0.05) is 17.5 Å². The molecule has 0 saturated carbocycles. The van der Waals surface area contributed by atoms with Crippen molar-refractivity contribution in [3.05, 3.63) is 53.2 Å². The van der Waals surface area contributed by atoms with E-state index in [-0.39, 0.29) is 22.2 Å². The Labute approximate surface area is 140 Å². The van der Waals surface area contributed by atoms with Crippen LogP contribution < -0.4 is 14.2 Å². The first kappa shape index (κ1) is 17.8. The Balaban J connectivity index is 2.43. The number of methoxy groups -OCH3 is 3. The Hall–Kier alpha value is -2.54. The molecule has 0 aliphatic heterocycles. The molecule has 0 spiro atoms. The van der Waals surface area contributed by atoms with E-state index in [1.807, 2.05) is 0 Å². The van der Waals surface area contributed by atoms with Gasteiger partial charge in [0.25, 0.3) is 0 Å². The molecule has 0 aliphatic rings. The van der Waals surface area contributed by atoms with Crippen molar-refractivity contribution in [1.29, 1.82) is 0 Å². The van der Waals surface area contributed by atoms with E-state index in [0.717, 1.165) is 5.41 Å². The number of hydrogen-bond acceptors (Lipinski definition) is 5. The van der Waals surface area contributed by atoms with E-state index in [0.29, 0.717) is 11.3 Å². The molecule has 0 bridgehead atoms. The minimum Gasteiger partial charge on any atom is -0.493 e. The van der Waals surface area contributed by atoms with E-state index >= 15 is 0 Å². The second kappa shape index (κ2) is 7.35. The number of ether oxygens (including phenoxy) is 3. The smallest absolute Gasteiger partial charge is 0.203 e. The average molecular weight is 352 g/mol. The fourth-order valence-electron chi connectivity index (χ4n) is 2.04. The van der Waals surface area contributed by atoms with Crippen molar-refractivity contribution in [3.8, 4) is 17.2 Å². The first-order valence-electron chi connectivity index (χ1n) is 6.90. The predicted octanol–water partition coefficient (Wildman–Crippen LogP) is 3.30. The van der Waals surface area contributed by atoms with Crippen LogP contribution in [0.3, 0.4) is 0 Å². The minimum atomic E-state index is -3.75. The molecule has 0 saturated heterocycles. The zero-order valence-electron chi connectivity index (χ0n) is 13.4. The van der Waals surface area contributed by atoms with Crippen LogP contribution in [-0.2, 0) is 9.84 Å². The third-order valence-electron chi connectivity index (χ3n) is 3.28. The van der Waals surface area contributed by atoms with Gasteiger partial charge in [0.05, 0.1) is 26.2 Å². The van der Waals surface area contributed by atoms with Crippen LogP contribution in [0.15, 0.2) is 46.7 Å². The van der Waals surface area contributed by atoms with Crippen molar-refractivity contribution in [1.82, 2.24) is 0 Å². The quantitative estimate of drug-likeness (QED) is 0.798. The van der Waals surface area contributed by atoms with Gasteiger partial charge in [-0.15, -0.1) is 0 Å². The summed E-state index contributed by atoms with van der Waals surface area (Å²) in [6, 6.07) is 8.18. The maximum absolute atomic E-state index is 12.9. The van der Waals surface area contributed by atoms with Crippen molar-refractivity contribution in [2.24, 2.45) is 0 Å². The van der Waals surface area contributed by atoms with Crippen LogP contribution in [-0.4, -0.2) is 29.7 Å². The zero-order chi connectivity index (χ0) is 17.7. The molecule has 2 aromatic carbocycles. The van der Waals surface area contributed by atoms with Crippen molar-refractivity contribution < 1.29 is 27.0 Å². The van der Waals surface area contributed by atoms with Gasteiger partial charge in [-0.3, -0.25) is 0 Å². The number of halogens is 1. The Bertz CT molecular complexity index is 817. The summed E-state index contributed by atoms with van der Waals surface area (Å²) in [7, 11) is 0.495. The first-order chi connectivity index (χ1) is 11.4. The van der Waals surface area contributed by atoms with Gasteiger partial charge in [-0.05, 0) is 23.8 Å². The maximum Gasteiger partial charge on any atom is 0.203 e. The van der Waals surface area contributed by atoms with E-state index in [2.05, 4.69) is 0 Å². The van der Waals surface area contributed by atoms with E-state index in [1.54, 1.807) is 0 Å². The molecule has 0 unspecified atom stereocenters. The SMILES string of the molecule is COc1cc(S(=O)(=O)/C=C/c2ccc(F)cc2)cc(OC)c1OC. The lowest BCUT2D eigenvalue weighted by atomic mass is 10.2. The lowest BCUT2D eigenvalue weighted by Crippen LogP contribution is -2.01. The fourth-order valence-corrected chi connectivity index (χ4v) is 3.08. The molecular weight excluding hydrogens is 335 g/mol. The summed E-state index contributed by atoms with van der Waals surface area (Å²) in [6.45, 7) is 0. The largest absolute Gasteiger partial charge is 0.493 e. The summed E-state index contributed by atoms with van der Waals surface area (Å²) in [5, 5.41) is 1.04. The molecule has 0 fully saturated rings. The van der Waals surface area contributed by atoms with Crippen molar-refractivity contribution >= 4 is 15.9 Å². The number of benzene rings is 2. The highest BCUT2D eigenvalue weighted by Crippen LogP contribution is 2.39. The molecule has 0 atom stereocenters. The third-order valence-corrected chi connectivity index (χ3v) is 4.66. The summed E-state index contributed by atoms with van der Waals surface area (Å²) in [6.07, 6.45) is 1.39. The molecule has 0 heterocycles. The maximum atomic E-state index is 12.9. The zero-order valence-corrected chi connectivity index (χ0v) is 14.3. The summed E-state index contributed by atoms with van der Waals surface area (Å²) < 4.78 is 53.4. The average Bonchev–Trinajstić information content (AvgIpc) is 2.59. The molecule has 0 aromatic heterocycles. The van der Waals surface area contributed by atoms with E-state index in [1.165, 1.54) is 63.8 Å². The van der Waals surface area contributed by atoms with Crippen molar-refractivity contribution in [2.75, 3.05) is 21.3 Å². The van der Waals surface area contributed by atoms with Gasteiger partial charge in [-0.1, -0.05) is 12.1 Å². The Morgan fingerprint density at radius 2 is 1.46 bits per heavy atom. The Morgan fingerprint density at radius 1 is 0.917 bits per heavy atom. The molecule has 5 nitrogen and oxygen atoms in total. The topological polar surface area (TPSA) is 61.8 Å². The third kappa shape index (κ3) is 3.86. The normalized spacial score (nSPS) is 11.5. The fraction of sp³-hybridized carbons (Fsp3) is 0.176. The first-order valence-corrected chi connectivity index (χ1v) is 8.44. The van der Waals surface area contributed by atoms with Crippen LogP contribution in [0.25, 0.3) is 6.08 Å². The molecule has 2 rings (SSSR count). The summed E-state index contributed by atoms with van der Waals surface area (Å²) in [4.78, 5) is -0.00429. The van der Waals surface area contributed by atoms with Crippen LogP contribution in [0.1, 0.15) is 5.56 Å². The molecule has 0 N–H and O–H groups in total. The standard InChI is InChI=1S/C17H17FO5S/c1-21-15-10-14(11-16(22-2)17(15)23-3)24(19,20)9-8-12-4-6-13(18)7-5-12/h4-11H,1-3H3/b9-8+. The second-order valence-electron chi connectivity index (χ2n) is 4.76. The van der Waals surface area contributed by atoms with Gasteiger partial charge in [-0.2, -0.15) is 0 Å². The summed E-state index contributed by atoms with van der Waals surface area (Å²) in [5.74, 6) is 0.400. The van der Waals surface area contributed by atoms with Gasteiger partial charge in [-0.25, -0.2) is 12.8 Å². The molecule has 0 amide bonds. The number of sulfone groups is 1. The minimum absolute atomic E-state index is 0.00429. The van der Waals surface area contributed by atoms with E-state index in [9.17, 15) is 12.8 Å². The molecule has 24 heavy (non-hydrogen) atoms. The monoisotopic (exact) mass is 352 g/mol. The van der Waals surface area contributed by atoms with Crippen LogP contribution in [0.4, 0.5) is 4.39 Å². The van der Waals surface area contributed by atoms with E-state index in [4.69, 9.17) is 14.2 Å². The predicted molar refractivity (Wildman–Crippen MR) is 88.7 cm³/mol. The Morgan fingerprint density at radius 3 is 1.92 bits per heavy atom. The molecule has 0 radical (unpaired) electrons. The highest BCUT2D eigenvalue weighted by Gasteiger charge is 2.19. The highest BCUT2D eigenvalue weighted by atomic mass is 32.2. The van der Waals surface area contributed by atoms with E-state index < -0.39 is 9.84 Å². The van der Waals surface area contributed by atoms with Crippen molar-refractivity contribution in [2.45, 2.75) is 4.90 Å². The molecule has 0 aliphatic carbocycles. The van der Waals surface area contributed by atoms with Crippen LogP contribution in [0.5, 0.6) is 17.2 Å². The molecule has 2 aromatic rings. The van der Waals surface area contributed by atoms with Crippen LogP contribution in [0.2, 0.25) is 0 Å². The summed E-state index contributed by atoms with van der Waals surface area (Å²) in [5.41, 5.74) is 0.562. The molecule has 7 heteroatoms. The van der Waals surface area contributed by atoms with Gasteiger partial charge >= 0.3 is 0 Å². The second-order valence-corrected chi connectivity index (χ2v) is 6.59. The van der Waals surface area contributed by atoms with Crippen LogP contribution in [0, 0.1) is 5.82 Å². The van der Waals surface area contributed by atoms with Crippen molar-refractivity contribution in [3.63, 3.8) is 0 Å². The highest BCUT2D eigenvalue weighted by molar-refractivity contribution is 7.94. The van der Waals surface area contributed by atoms with Gasteiger partial charge in [0.15, 0.2) is 21.3 Å². The van der Waals surface area contributed by atoms with Crippen LogP contribution >= 0.6 is 0 Å². The van der Waals surface area contributed by atoms with Gasteiger partial charge in [0.2, 0.25) is 5.75 Å². The van der Waals surface area contributed by atoms with Gasteiger partial charge in [0.1, 0.15) is 5.82 Å². The number of hydrogen-bond donors (Lipinski definition) is 0. The van der Waals surface area contributed by atoms with Gasteiger partial charge < -0.3 is 14.2 Å². The molecule has 128 valence electrons.